The number of hydrogen-bond acceptors (Lipinski definition) is 9. The molecule has 39 heavy (non-hydrogen) atoms. The number of likely N-dealkylation sites (N-methyl/N-ethyl adjacent to an activating group) is 1. The number of ketones is 2. The largest absolute Gasteiger partial charge is 0.510 e. The number of carbonyl (C=O) groups excluding carboxylic acids is 3. The number of primary amides is 1. The molecule has 0 bridgehead atoms. The average Bonchev–Trinajstić information content (AvgIpc) is 2.86. The fourth-order valence-electron chi connectivity index (χ4n) is 6.60. The van der Waals surface area contributed by atoms with E-state index in [-0.39, 0.29) is 36.3 Å². The number of fused-ring (bicyclic) bond motifs is 3. The van der Waals surface area contributed by atoms with E-state index in [1.165, 1.54) is 4.90 Å². The molecule has 0 unspecified atom stereocenters. The van der Waals surface area contributed by atoms with E-state index < -0.39 is 58.0 Å². The third kappa shape index (κ3) is 3.63. The first-order valence-electron chi connectivity index (χ1n) is 12.6. The zero-order chi connectivity index (χ0) is 28.5. The van der Waals surface area contributed by atoms with Crippen molar-refractivity contribution in [2.24, 2.45) is 23.3 Å². The van der Waals surface area contributed by atoms with Crippen molar-refractivity contribution in [2.45, 2.75) is 38.0 Å². The van der Waals surface area contributed by atoms with Crippen LogP contribution in [0, 0.1) is 18.8 Å². The fraction of sp³-hybridized carbons (Fsp3) is 0.345. The van der Waals surface area contributed by atoms with E-state index in [0.29, 0.717) is 16.7 Å². The van der Waals surface area contributed by atoms with E-state index in [1.807, 2.05) is 31.2 Å². The number of benzene rings is 2. The van der Waals surface area contributed by atoms with E-state index in [2.05, 4.69) is 0 Å². The van der Waals surface area contributed by atoms with Gasteiger partial charge in [-0.2, -0.15) is 0 Å². The number of nitrogens with zero attached hydrogens (tertiary/aromatic N) is 1. The smallest absolute Gasteiger partial charge is 0.255 e. The summed E-state index contributed by atoms with van der Waals surface area (Å²) in [7, 11) is 3.19. The molecule has 2 aromatic rings. The molecule has 8 N–H and O–H groups in total. The summed E-state index contributed by atoms with van der Waals surface area (Å²) in [5.41, 5.74) is 10.9. The van der Waals surface area contributed by atoms with Gasteiger partial charge in [-0.05, 0) is 62.5 Å². The van der Waals surface area contributed by atoms with Crippen LogP contribution in [0.15, 0.2) is 53.0 Å². The van der Waals surface area contributed by atoms with E-state index in [4.69, 9.17) is 11.5 Å². The number of aryl methyl sites for hydroxylation is 1. The summed E-state index contributed by atoms with van der Waals surface area (Å²) >= 11 is 0. The first kappa shape index (κ1) is 26.6. The van der Waals surface area contributed by atoms with Gasteiger partial charge in [-0.3, -0.25) is 19.3 Å². The third-order valence-corrected chi connectivity index (χ3v) is 8.35. The van der Waals surface area contributed by atoms with Gasteiger partial charge in [-0.15, -0.1) is 0 Å². The van der Waals surface area contributed by atoms with Gasteiger partial charge in [-0.25, -0.2) is 0 Å². The molecule has 0 heterocycles. The molecule has 3 aliphatic carbocycles. The van der Waals surface area contributed by atoms with Crippen molar-refractivity contribution >= 4 is 17.5 Å². The van der Waals surface area contributed by atoms with Crippen LogP contribution >= 0.6 is 0 Å². The van der Waals surface area contributed by atoms with Crippen molar-refractivity contribution in [2.75, 3.05) is 14.1 Å². The summed E-state index contributed by atoms with van der Waals surface area (Å²) in [5, 5.41) is 45.2. The standard InChI is InChI=1S/C29H31N3O7/c1-12-5-4-6-13(7-12)16-9-15(11-30)23(33)20-17(16)8-14-10-18-22(32(2)3)25(35)21(28(31)38)27(37)29(18,39)26(36)19(14)24(20)34/h4-7,9,14,18,22,33,35-36,39H,8,10-11,30H2,1-3H3,(H2,31,38)/t14-,18-,22-,29-/m0/s1. The van der Waals surface area contributed by atoms with Crippen LogP contribution < -0.4 is 11.5 Å². The van der Waals surface area contributed by atoms with Crippen LogP contribution in [0.1, 0.15) is 33.5 Å². The van der Waals surface area contributed by atoms with Crippen molar-refractivity contribution in [3.63, 3.8) is 0 Å². The summed E-state index contributed by atoms with van der Waals surface area (Å²) < 4.78 is 0. The number of amides is 1. The van der Waals surface area contributed by atoms with Crippen LogP contribution in [0.3, 0.4) is 0 Å². The second kappa shape index (κ2) is 9.04. The topological polar surface area (TPSA) is 187 Å². The molecule has 0 radical (unpaired) electrons. The maximum absolute atomic E-state index is 14.0. The molecule has 0 saturated heterocycles. The highest BCUT2D eigenvalue weighted by atomic mass is 16.3. The Morgan fingerprint density at radius 1 is 1.15 bits per heavy atom. The number of allylic oxidation sites excluding steroid dienone is 1. The number of phenols is 1. The van der Waals surface area contributed by atoms with E-state index in [0.717, 1.165) is 11.1 Å². The van der Waals surface area contributed by atoms with Crippen LogP contribution in [-0.2, 0) is 22.6 Å². The Morgan fingerprint density at radius 2 is 1.85 bits per heavy atom. The molecule has 3 aliphatic rings. The van der Waals surface area contributed by atoms with Gasteiger partial charge in [0.05, 0.1) is 11.6 Å². The first-order chi connectivity index (χ1) is 18.3. The number of Topliss-reactive ketones (excluding diaryl/α,β-unsaturated/α-hetero) is 2. The Bertz CT molecular complexity index is 1520. The van der Waals surface area contributed by atoms with Crippen molar-refractivity contribution in [3.05, 3.63) is 75.3 Å². The Kier molecular flexibility index (Phi) is 6.17. The Morgan fingerprint density at radius 3 is 2.44 bits per heavy atom. The third-order valence-electron chi connectivity index (χ3n) is 8.35. The average molecular weight is 534 g/mol. The lowest BCUT2D eigenvalue weighted by atomic mass is 9.58. The Labute approximate surface area is 224 Å². The molecule has 2 aromatic carbocycles. The normalized spacial score (nSPS) is 26.5. The molecule has 0 aromatic heterocycles. The van der Waals surface area contributed by atoms with Gasteiger partial charge in [0.1, 0.15) is 22.8 Å². The van der Waals surface area contributed by atoms with Crippen LogP contribution in [0.2, 0.25) is 0 Å². The minimum absolute atomic E-state index is 0.0262. The quantitative estimate of drug-likeness (QED) is 0.317. The van der Waals surface area contributed by atoms with Gasteiger partial charge in [0.2, 0.25) is 5.78 Å². The lowest BCUT2D eigenvalue weighted by Gasteiger charge is -2.50. The first-order valence-corrected chi connectivity index (χ1v) is 12.6. The lowest BCUT2D eigenvalue weighted by Crippen LogP contribution is -2.63. The zero-order valence-corrected chi connectivity index (χ0v) is 21.9. The maximum Gasteiger partial charge on any atom is 0.255 e. The Hall–Kier alpha value is -3.99. The summed E-state index contributed by atoms with van der Waals surface area (Å²) in [6.45, 7) is 1.88. The molecular weight excluding hydrogens is 502 g/mol. The van der Waals surface area contributed by atoms with Crippen LogP contribution in [0.25, 0.3) is 11.1 Å². The van der Waals surface area contributed by atoms with E-state index in [1.54, 1.807) is 20.2 Å². The van der Waals surface area contributed by atoms with Gasteiger partial charge >= 0.3 is 0 Å². The molecule has 204 valence electrons. The molecule has 10 nitrogen and oxygen atoms in total. The molecule has 4 atom stereocenters. The summed E-state index contributed by atoms with van der Waals surface area (Å²) in [6.07, 6.45) is 0.231. The van der Waals surface area contributed by atoms with Gasteiger partial charge in [0.15, 0.2) is 11.4 Å². The molecule has 0 fully saturated rings. The van der Waals surface area contributed by atoms with Crippen molar-refractivity contribution in [3.8, 4) is 16.9 Å². The van der Waals surface area contributed by atoms with Crippen LogP contribution in [0.5, 0.6) is 5.75 Å². The van der Waals surface area contributed by atoms with Crippen LogP contribution in [-0.4, -0.2) is 68.5 Å². The molecule has 5 rings (SSSR count). The van der Waals surface area contributed by atoms with Crippen LogP contribution in [0.4, 0.5) is 0 Å². The number of rotatable bonds is 4. The number of aliphatic hydroxyl groups excluding tert-OH is 2. The number of carbonyl (C=O) groups is 3. The number of nitrogens with two attached hydrogens (primary N) is 2. The zero-order valence-electron chi connectivity index (χ0n) is 21.9. The highest BCUT2D eigenvalue weighted by molar-refractivity contribution is 6.25. The SMILES string of the molecule is Cc1cccc(-c2cc(CN)c(O)c3c2C[C@H]2C[C@H]4[C@H](N(C)C)C(O)=C(C(N)=O)C(=O)[C@@]4(O)C(O)=C2C3=O)c1. The van der Waals surface area contributed by atoms with E-state index >= 15 is 0 Å². The van der Waals surface area contributed by atoms with Crippen molar-refractivity contribution in [1.29, 1.82) is 0 Å². The van der Waals surface area contributed by atoms with Crippen molar-refractivity contribution < 1.29 is 34.8 Å². The number of aromatic hydroxyl groups is 1. The van der Waals surface area contributed by atoms with E-state index in [9.17, 15) is 34.8 Å². The van der Waals surface area contributed by atoms with Gasteiger partial charge in [0, 0.05) is 23.6 Å². The minimum Gasteiger partial charge on any atom is -0.510 e. The highest BCUT2D eigenvalue weighted by Crippen LogP contribution is 2.53. The van der Waals surface area contributed by atoms with Gasteiger partial charge < -0.3 is 31.9 Å². The fourth-order valence-corrected chi connectivity index (χ4v) is 6.60. The number of hydrogen-bond donors (Lipinski definition) is 6. The summed E-state index contributed by atoms with van der Waals surface area (Å²) in [4.78, 5) is 41.1. The Balaban J connectivity index is 1.77. The molecule has 0 aliphatic heterocycles. The maximum atomic E-state index is 14.0. The second-order valence-electron chi connectivity index (χ2n) is 10.8. The van der Waals surface area contributed by atoms with Gasteiger partial charge in [-0.1, -0.05) is 29.8 Å². The number of phenolic OH excluding ortho intramolecular Hbond substituents is 1. The molecule has 0 saturated carbocycles. The minimum atomic E-state index is -2.68. The highest BCUT2D eigenvalue weighted by Gasteiger charge is 2.63. The monoisotopic (exact) mass is 533 g/mol. The molecule has 1 amide bonds. The summed E-state index contributed by atoms with van der Waals surface area (Å²) in [6, 6.07) is 8.38. The van der Waals surface area contributed by atoms with Gasteiger partial charge in [0.25, 0.3) is 5.91 Å². The molecule has 10 heteroatoms. The molecule has 0 spiro atoms. The molecular formula is C29H31N3O7. The lowest BCUT2D eigenvalue weighted by molar-refractivity contribution is -0.148. The number of aliphatic hydroxyl groups is 3. The predicted octanol–water partition coefficient (Wildman–Crippen LogP) is 1.55. The summed E-state index contributed by atoms with van der Waals surface area (Å²) in [5.74, 6) is -6.80. The van der Waals surface area contributed by atoms with Crippen molar-refractivity contribution in [1.82, 2.24) is 4.90 Å². The second-order valence-corrected chi connectivity index (χ2v) is 10.8. The predicted molar refractivity (Wildman–Crippen MR) is 142 cm³/mol.